The average Bonchev–Trinajstić information content (AvgIpc) is 2.23. The molecule has 0 spiro atoms. The van der Waals surface area contributed by atoms with E-state index in [0.717, 1.165) is 25.9 Å². The van der Waals surface area contributed by atoms with Crippen LogP contribution in [0, 0.1) is 5.92 Å². The van der Waals surface area contributed by atoms with E-state index in [9.17, 15) is 9.90 Å². The lowest BCUT2D eigenvalue weighted by atomic mass is 9.91. The maximum Gasteiger partial charge on any atom is 0.407 e. The molecule has 0 aliphatic carbocycles. The first-order valence-corrected chi connectivity index (χ1v) is 6.61. The third-order valence-corrected chi connectivity index (χ3v) is 3.13. The summed E-state index contributed by atoms with van der Waals surface area (Å²) < 4.78 is 5.21. The van der Waals surface area contributed by atoms with Gasteiger partial charge in [0.05, 0.1) is 12.6 Å². The summed E-state index contributed by atoms with van der Waals surface area (Å²) >= 11 is 0. The minimum absolute atomic E-state index is 0.0439. The van der Waals surface area contributed by atoms with E-state index in [-0.39, 0.29) is 12.6 Å². The molecule has 0 aromatic rings. The molecule has 0 aromatic heterocycles. The van der Waals surface area contributed by atoms with Crippen LogP contribution in [0.25, 0.3) is 0 Å². The summed E-state index contributed by atoms with van der Waals surface area (Å²) in [5, 5.41) is 12.2. The largest absolute Gasteiger partial charge is 0.444 e. The molecule has 18 heavy (non-hydrogen) atoms. The number of nitrogens with one attached hydrogen (secondary N) is 1. The second-order valence-corrected chi connectivity index (χ2v) is 6.10. The van der Waals surface area contributed by atoms with E-state index in [4.69, 9.17) is 4.74 Å². The summed E-state index contributed by atoms with van der Waals surface area (Å²) in [4.78, 5) is 13.9. The molecule has 106 valence electrons. The number of hydrogen-bond acceptors (Lipinski definition) is 4. The van der Waals surface area contributed by atoms with Crippen molar-refractivity contribution in [2.45, 2.75) is 45.3 Å². The lowest BCUT2D eigenvalue weighted by molar-refractivity contribution is 0.0421. The fourth-order valence-electron chi connectivity index (χ4n) is 2.31. The number of aliphatic hydroxyl groups is 1. The Hall–Kier alpha value is -0.810. The van der Waals surface area contributed by atoms with Crippen molar-refractivity contribution >= 4 is 6.09 Å². The number of hydrogen-bond donors (Lipinski definition) is 2. The number of alkyl carbamates (subject to hydrolysis) is 1. The molecule has 0 saturated carbocycles. The first-order valence-electron chi connectivity index (χ1n) is 6.61. The van der Waals surface area contributed by atoms with Gasteiger partial charge in [0, 0.05) is 6.54 Å². The van der Waals surface area contributed by atoms with Gasteiger partial charge in [-0.3, -0.25) is 0 Å². The molecule has 1 aliphatic rings. The smallest absolute Gasteiger partial charge is 0.407 e. The van der Waals surface area contributed by atoms with Crippen molar-refractivity contribution < 1.29 is 14.6 Å². The third-order valence-electron chi connectivity index (χ3n) is 3.13. The summed E-state index contributed by atoms with van der Waals surface area (Å²) in [7, 11) is 2.06. The second-order valence-electron chi connectivity index (χ2n) is 6.10. The van der Waals surface area contributed by atoms with Gasteiger partial charge >= 0.3 is 6.09 Å². The highest BCUT2D eigenvalue weighted by atomic mass is 16.6. The number of carbonyl (C=O) groups is 1. The van der Waals surface area contributed by atoms with Crippen molar-refractivity contribution in [3.8, 4) is 0 Å². The van der Waals surface area contributed by atoms with Crippen LogP contribution in [-0.4, -0.2) is 54.5 Å². The quantitative estimate of drug-likeness (QED) is 0.799. The van der Waals surface area contributed by atoms with Crippen LogP contribution < -0.4 is 5.32 Å². The fraction of sp³-hybridized carbons (Fsp3) is 0.923. The van der Waals surface area contributed by atoms with Gasteiger partial charge in [0.2, 0.25) is 0 Å². The summed E-state index contributed by atoms with van der Waals surface area (Å²) in [6.07, 6.45) is 1.69. The fourth-order valence-corrected chi connectivity index (χ4v) is 2.31. The van der Waals surface area contributed by atoms with Crippen molar-refractivity contribution in [3.63, 3.8) is 0 Å². The van der Waals surface area contributed by atoms with Crippen LogP contribution in [0.3, 0.4) is 0 Å². The van der Waals surface area contributed by atoms with Crippen molar-refractivity contribution in [2.75, 3.05) is 26.7 Å². The average molecular weight is 258 g/mol. The molecule has 2 atom stereocenters. The molecule has 1 rings (SSSR count). The van der Waals surface area contributed by atoms with E-state index < -0.39 is 11.7 Å². The maximum absolute atomic E-state index is 11.7. The number of aliphatic hydroxyl groups excluding tert-OH is 1. The van der Waals surface area contributed by atoms with Gasteiger partial charge in [-0.15, -0.1) is 0 Å². The van der Waals surface area contributed by atoms with Crippen molar-refractivity contribution in [2.24, 2.45) is 5.92 Å². The molecular weight excluding hydrogens is 232 g/mol. The van der Waals surface area contributed by atoms with E-state index in [1.165, 1.54) is 0 Å². The topological polar surface area (TPSA) is 61.8 Å². The van der Waals surface area contributed by atoms with E-state index in [0.29, 0.717) is 5.92 Å². The molecule has 2 N–H and O–H groups in total. The van der Waals surface area contributed by atoms with Gasteiger partial charge < -0.3 is 20.1 Å². The minimum Gasteiger partial charge on any atom is -0.444 e. The van der Waals surface area contributed by atoms with E-state index in [1.807, 2.05) is 20.8 Å². The number of ether oxygens (including phenoxy) is 1. The monoisotopic (exact) mass is 258 g/mol. The summed E-state index contributed by atoms with van der Waals surface area (Å²) in [5.74, 6) is 0.293. The lowest BCUT2D eigenvalue weighted by Gasteiger charge is -2.34. The van der Waals surface area contributed by atoms with Crippen LogP contribution in [0.1, 0.15) is 33.6 Å². The van der Waals surface area contributed by atoms with Crippen molar-refractivity contribution in [3.05, 3.63) is 0 Å². The predicted molar refractivity (Wildman–Crippen MR) is 70.5 cm³/mol. The molecule has 1 amide bonds. The predicted octanol–water partition coefficient (Wildman–Crippen LogP) is 1.21. The number of nitrogens with zero attached hydrogens (tertiary/aromatic N) is 1. The highest BCUT2D eigenvalue weighted by molar-refractivity contribution is 5.68. The third kappa shape index (κ3) is 5.23. The van der Waals surface area contributed by atoms with Crippen LogP contribution >= 0.6 is 0 Å². The van der Waals surface area contributed by atoms with Gasteiger partial charge in [0.1, 0.15) is 5.60 Å². The highest BCUT2D eigenvalue weighted by Crippen LogP contribution is 2.19. The molecule has 1 saturated heterocycles. The summed E-state index contributed by atoms with van der Waals surface area (Å²) in [5.41, 5.74) is -0.507. The first kappa shape index (κ1) is 15.2. The lowest BCUT2D eigenvalue weighted by Crippen LogP contribution is -2.49. The molecule has 1 aliphatic heterocycles. The van der Waals surface area contributed by atoms with Gasteiger partial charge in [-0.05, 0) is 53.1 Å². The molecule has 0 bridgehead atoms. The first-order chi connectivity index (χ1) is 8.31. The number of carbonyl (C=O) groups excluding carboxylic acids is 1. The Morgan fingerprint density at radius 1 is 1.56 bits per heavy atom. The van der Waals surface area contributed by atoms with Gasteiger partial charge in [0.15, 0.2) is 0 Å². The van der Waals surface area contributed by atoms with Crippen LogP contribution in [0.5, 0.6) is 0 Å². The Kier molecular flexibility index (Phi) is 5.41. The Labute approximate surface area is 109 Å². The van der Waals surface area contributed by atoms with E-state index in [2.05, 4.69) is 17.3 Å². The maximum atomic E-state index is 11.7. The number of rotatable bonds is 3. The molecule has 0 radical (unpaired) electrons. The molecule has 1 heterocycles. The van der Waals surface area contributed by atoms with Crippen LogP contribution in [0.15, 0.2) is 0 Å². The molecule has 5 heteroatoms. The summed E-state index contributed by atoms with van der Waals surface area (Å²) in [6, 6.07) is -0.220. The Morgan fingerprint density at radius 2 is 2.22 bits per heavy atom. The Bertz CT molecular complexity index is 276. The molecule has 2 unspecified atom stereocenters. The Morgan fingerprint density at radius 3 is 2.72 bits per heavy atom. The molecule has 1 fully saturated rings. The van der Waals surface area contributed by atoms with Gasteiger partial charge in [-0.2, -0.15) is 0 Å². The zero-order chi connectivity index (χ0) is 13.8. The molecular formula is C13H26N2O3. The zero-order valence-corrected chi connectivity index (χ0v) is 11.9. The van der Waals surface area contributed by atoms with E-state index >= 15 is 0 Å². The minimum atomic E-state index is -0.507. The van der Waals surface area contributed by atoms with Gasteiger partial charge in [-0.1, -0.05) is 0 Å². The highest BCUT2D eigenvalue weighted by Gasteiger charge is 2.28. The second kappa shape index (κ2) is 6.38. The standard InChI is InChI=1S/C13H26N2O3/c1-13(2,3)18-12(17)14-11(9-16)10-6-5-7-15(4)8-10/h10-11,16H,5-9H2,1-4H3,(H,14,17). The van der Waals surface area contributed by atoms with E-state index in [1.54, 1.807) is 0 Å². The molecule has 0 aromatic carbocycles. The normalized spacial score (nSPS) is 23.5. The summed E-state index contributed by atoms with van der Waals surface area (Å²) in [6.45, 7) is 7.43. The number of amides is 1. The van der Waals surface area contributed by atoms with Crippen LogP contribution in [0.4, 0.5) is 4.79 Å². The van der Waals surface area contributed by atoms with Crippen molar-refractivity contribution in [1.29, 1.82) is 0 Å². The van der Waals surface area contributed by atoms with Crippen LogP contribution in [-0.2, 0) is 4.74 Å². The Balaban J connectivity index is 2.48. The molecule has 5 nitrogen and oxygen atoms in total. The van der Waals surface area contributed by atoms with Crippen LogP contribution in [0.2, 0.25) is 0 Å². The SMILES string of the molecule is CN1CCCC(C(CO)NC(=O)OC(C)(C)C)C1. The number of likely N-dealkylation sites (tertiary alicyclic amines) is 1. The zero-order valence-electron chi connectivity index (χ0n) is 11.9. The van der Waals surface area contributed by atoms with Gasteiger partial charge in [-0.25, -0.2) is 4.79 Å². The number of piperidine rings is 1. The van der Waals surface area contributed by atoms with Crippen molar-refractivity contribution in [1.82, 2.24) is 10.2 Å². The van der Waals surface area contributed by atoms with Gasteiger partial charge in [0.25, 0.3) is 0 Å².